The lowest BCUT2D eigenvalue weighted by Crippen LogP contribution is -2.15. The number of hydrogen-bond donors (Lipinski definition) is 1. The minimum absolute atomic E-state index is 0.128. The number of hydrogen-bond acceptors (Lipinski definition) is 5. The summed E-state index contributed by atoms with van der Waals surface area (Å²) >= 11 is 1.33. The first-order chi connectivity index (χ1) is 12.6. The minimum Gasteiger partial charge on any atom is -0.269 e. The Hall–Kier alpha value is -3.00. The van der Waals surface area contributed by atoms with Crippen molar-refractivity contribution in [3.05, 3.63) is 76.1 Å². The summed E-state index contributed by atoms with van der Waals surface area (Å²) in [5, 5.41) is 7.31. The van der Waals surface area contributed by atoms with Crippen molar-refractivity contribution < 1.29 is 4.39 Å². The van der Waals surface area contributed by atoms with Gasteiger partial charge in [0.15, 0.2) is 5.82 Å². The molecule has 26 heavy (non-hydrogen) atoms. The summed E-state index contributed by atoms with van der Waals surface area (Å²) < 4.78 is 15.3. The SMILES string of the molecule is Cc1cccn2c(=O)cc(CSc3n[nH]c(-c4ccccc4F)n3)nc12. The van der Waals surface area contributed by atoms with Crippen molar-refractivity contribution >= 4 is 17.4 Å². The second-order valence-corrected chi connectivity index (χ2v) is 6.65. The molecule has 4 rings (SSSR count). The first-order valence-electron chi connectivity index (χ1n) is 7.90. The number of benzene rings is 1. The van der Waals surface area contributed by atoms with Gasteiger partial charge in [0, 0.05) is 18.0 Å². The fraction of sp³-hybridized carbons (Fsp3) is 0.111. The quantitative estimate of drug-likeness (QED) is 0.561. The summed E-state index contributed by atoms with van der Waals surface area (Å²) in [6, 6.07) is 11.6. The Morgan fingerprint density at radius 3 is 2.88 bits per heavy atom. The molecule has 130 valence electrons. The highest BCUT2D eigenvalue weighted by Gasteiger charge is 2.11. The van der Waals surface area contributed by atoms with E-state index in [1.54, 1.807) is 24.4 Å². The molecule has 1 aromatic carbocycles. The topological polar surface area (TPSA) is 75.9 Å². The molecule has 1 N–H and O–H groups in total. The number of rotatable bonds is 4. The fourth-order valence-electron chi connectivity index (χ4n) is 2.61. The van der Waals surface area contributed by atoms with E-state index in [9.17, 15) is 9.18 Å². The first kappa shape index (κ1) is 16.5. The van der Waals surface area contributed by atoms with Gasteiger partial charge in [-0.3, -0.25) is 14.3 Å². The highest BCUT2D eigenvalue weighted by molar-refractivity contribution is 7.98. The van der Waals surface area contributed by atoms with Gasteiger partial charge in [-0.2, -0.15) is 0 Å². The molecule has 0 saturated heterocycles. The smallest absolute Gasteiger partial charge is 0.258 e. The van der Waals surface area contributed by atoms with Crippen molar-refractivity contribution in [1.82, 2.24) is 24.6 Å². The van der Waals surface area contributed by atoms with Gasteiger partial charge in [0.25, 0.3) is 5.56 Å². The van der Waals surface area contributed by atoms with Crippen molar-refractivity contribution in [2.45, 2.75) is 17.8 Å². The van der Waals surface area contributed by atoms with E-state index in [1.165, 1.54) is 28.3 Å². The summed E-state index contributed by atoms with van der Waals surface area (Å²) in [6.45, 7) is 1.91. The third-order valence-electron chi connectivity index (χ3n) is 3.88. The molecule has 0 aliphatic heterocycles. The van der Waals surface area contributed by atoms with Crippen LogP contribution in [0.25, 0.3) is 17.0 Å². The highest BCUT2D eigenvalue weighted by Crippen LogP contribution is 2.23. The summed E-state index contributed by atoms with van der Waals surface area (Å²) in [6.07, 6.45) is 1.70. The largest absolute Gasteiger partial charge is 0.269 e. The van der Waals surface area contributed by atoms with Gasteiger partial charge in [-0.15, -0.1) is 5.10 Å². The zero-order valence-corrected chi connectivity index (χ0v) is 14.6. The maximum atomic E-state index is 13.8. The summed E-state index contributed by atoms with van der Waals surface area (Å²) in [4.78, 5) is 21.1. The lowest BCUT2D eigenvalue weighted by molar-refractivity contribution is 0.630. The molecule has 0 unspecified atom stereocenters. The van der Waals surface area contributed by atoms with Crippen LogP contribution in [-0.4, -0.2) is 24.6 Å². The van der Waals surface area contributed by atoms with Gasteiger partial charge in [-0.25, -0.2) is 14.4 Å². The Morgan fingerprint density at radius 2 is 2.04 bits per heavy atom. The van der Waals surface area contributed by atoms with Gasteiger partial charge >= 0.3 is 0 Å². The molecule has 0 aliphatic carbocycles. The lowest BCUT2D eigenvalue weighted by atomic mass is 10.2. The van der Waals surface area contributed by atoms with Gasteiger partial charge in [-0.1, -0.05) is 30.0 Å². The van der Waals surface area contributed by atoms with E-state index in [0.717, 1.165) is 5.56 Å². The third kappa shape index (κ3) is 3.11. The number of nitrogens with one attached hydrogen (secondary N) is 1. The number of aryl methyl sites for hydroxylation is 1. The molecule has 0 spiro atoms. The Kier molecular flexibility index (Phi) is 4.26. The van der Waals surface area contributed by atoms with Gasteiger partial charge < -0.3 is 0 Å². The van der Waals surface area contributed by atoms with E-state index in [0.29, 0.717) is 33.6 Å². The van der Waals surface area contributed by atoms with E-state index >= 15 is 0 Å². The number of aromatic amines is 1. The normalized spacial score (nSPS) is 11.2. The maximum Gasteiger partial charge on any atom is 0.258 e. The molecule has 0 atom stereocenters. The van der Waals surface area contributed by atoms with Crippen LogP contribution in [0.3, 0.4) is 0 Å². The maximum absolute atomic E-state index is 13.8. The Labute approximate surface area is 152 Å². The molecule has 0 saturated carbocycles. The van der Waals surface area contributed by atoms with Crippen LogP contribution < -0.4 is 5.56 Å². The number of nitrogens with zero attached hydrogens (tertiary/aromatic N) is 4. The van der Waals surface area contributed by atoms with E-state index in [1.807, 2.05) is 19.1 Å². The van der Waals surface area contributed by atoms with Gasteiger partial charge in [0.05, 0.1) is 11.3 Å². The lowest BCUT2D eigenvalue weighted by Gasteiger charge is -2.05. The van der Waals surface area contributed by atoms with E-state index < -0.39 is 0 Å². The van der Waals surface area contributed by atoms with Gasteiger partial charge in [0.2, 0.25) is 5.16 Å². The first-order valence-corrected chi connectivity index (χ1v) is 8.88. The minimum atomic E-state index is -0.361. The van der Waals surface area contributed by atoms with Crippen LogP contribution in [0.4, 0.5) is 4.39 Å². The highest BCUT2D eigenvalue weighted by atomic mass is 32.2. The van der Waals surface area contributed by atoms with E-state index in [4.69, 9.17) is 0 Å². The standard InChI is InChI=1S/C18H14FN5OS/c1-11-5-4-8-24-15(25)9-12(20-17(11)24)10-26-18-21-16(22-23-18)13-6-2-3-7-14(13)19/h2-9H,10H2,1H3,(H,21,22,23). The number of thioether (sulfide) groups is 1. The zero-order valence-electron chi connectivity index (χ0n) is 13.8. The number of aromatic nitrogens is 5. The van der Waals surface area contributed by atoms with Crippen molar-refractivity contribution in [3.63, 3.8) is 0 Å². The predicted octanol–water partition coefficient (Wildman–Crippen LogP) is 3.22. The van der Waals surface area contributed by atoms with Crippen LogP contribution >= 0.6 is 11.8 Å². The average molecular weight is 367 g/mol. The molecule has 8 heteroatoms. The zero-order chi connectivity index (χ0) is 18.1. The summed E-state index contributed by atoms with van der Waals surface area (Å²) in [5.41, 5.74) is 2.45. The summed E-state index contributed by atoms with van der Waals surface area (Å²) in [5.74, 6) is 0.446. The van der Waals surface area contributed by atoms with Crippen LogP contribution in [0.1, 0.15) is 11.3 Å². The van der Waals surface area contributed by atoms with Gasteiger partial charge in [-0.05, 0) is 30.7 Å². The van der Waals surface area contributed by atoms with Crippen molar-refractivity contribution in [2.24, 2.45) is 0 Å². The number of H-pyrrole nitrogens is 1. The third-order valence-corrected chi connectivity index (χ3v) is 4.76. The average Bonchev–Trinajstić information content (AvgIpc) is 3.10. The van der Waals surface area contributed by atoms with Crippen LogP contribution in [0.15, 0.2) is 58.6 Å². The number of pyridine rings is 1. The van der Waals surface area contributed by atoms with Crippen LogP contribution in [0.5, 0.6) is 0 Å². The van der Waals surface area contributed by atoms with Crippen LogP contribution in [0.2, 0.25) is 0 Å². The van der Waals surface area contributed by atoms with Crippen LogP contribution in [-0.2, 0) is 5.75 Å². The van der Waals surface area contributed by atoms with Crippen molar-refractivity contribution in [2.75, 3.05) is 0 Å². The molecule has 0 aliphatic rings. The molecule has 0 fully saturated rings. The Balaban J connectivity index is 1.57. The predicted molar refractivity (Wildman–Crippen MR) is 97.5 cm³/mol. The van der Waals surface area contributed by atoms with E-state index in [-0.39, 0.29) is 11.4 Å². The van der Waals surface area contributed by atoms with Crippen molar-refractivity contribution in [3.8, 4) is 11.4 Å². The molecular formula is C18H14FN5OS. The number of halogens is 1. The molecule has 0 radical (unpaired) electrons. The molecule has 0 bridgehead atoms. The second-order valence-electron chi connectivity index (χ2n) is 5.71. The monoisotopic (exact) mass is 367 g/mol. The van der Waals surface area contributed by atoms with Crippen molar-refractivity contribution in [1.29, 1.82) is 0 Å². The fourth-order valence-corrected chi connectivity index (χ4v) is 3.30. The molecule has 0 amide bonds. The van der Waals surface area contributed by atoms with E-state index in [2.05, 4.69) is 20.2 Å². The van der Waals surface area contributed by atoms with Crippen LogP contribution in [0, 0.1) is 12.7 Å². The summed E-state index contributed by atoms with van der Waals surface area (Å²) in [7, 11) is 0. The molecule has 3 aromatic heterocycles. The number of fused-ring (bicyclic) bond motifs is 1. The molecular weight excluding hydrogens is 353 g/mol. The molecule has 4 aromatic rings. The molecule has 6 nitrogen and oxygen atoms in total. The second kappa shape index (κ2) is 6.72. The Bertz CT molecular complexity index is 1150. The Morgan fingerprint density at radius 1 is 1.19 bits per heavy atom. The van der Waals surface area contributed by atoms with Gasteiger partial charge in [0.1, 0.15) is 11.5 Å². The molecule has 3 heterocycles.